The van der Waals surface area contributed by atoms with Crippen molar-refractivity contribution in [1.82, 2.24) is 9.78 Å². The van der Waals surface area contributed by atoms with Crippen molar-refractivity contribution in [3.63, 3.8) is 0 Å². The molecule has 1 heterocycles. The Morgan fingerprint density at radius 2 is 2.35 bits per heavy atom. The fraction of sp³-hybridized carbons (Fsp3) is 0.750. The van der Waals surface area contributed by atoms with Gasteiger partial charge < -0.3 is 10.5 Å². The van der Waals surface area contributed by atoms with Crippen LogP contribution >= 0.6 is 15.9 Å². The number of nitrogens with zero attached hydrogens (tertiary/aromatic N) is 2. The maximum atomic E-state index is 6.35. The molecule has 2 N–H and O–H groups in total. The molecular formula is C12H20BrN3O. The normalized spacial score (nSPS) is 19.3. The molecule has 1 aliphatic carbocycles. The number of halogens is 1. The first-order valence-corrected chi connectivity index (χ1v) is 6.97. The molecule has 2 unspecified atom stereocenters. The van der Waals surface area contributed by atoms with Crippen molar-refractivity contribution in [2.24, 2.45) is 11.7 Å². The lowest BCUT2D eigenvalue weighted by Crippen LogP contribution is -2.32. The van der Waals surface area contributed by atoms with Crippen molar-refractivity contribution in [2.75, 3.05) is 7.11 Å². The van der Waals surface area contributed by atoms with Gasteiger partial charge in [0, 0.05) is 13.7 Å². The van der Waals surface area contributed by atoms with E-state index >= 15 is 0 Å². The van der Waals surface area contributed by atoms with Gasteiger partial charge in [0.05, 0.1) is 28.5 Å². The van der Waals surface area contributed by atoms with Gasteiger partial charge in [0.25, 0.3) is 0 Å². The van der Waals surface area contributed by atoms with E-state index < -0.39 is 0 Å². The first kappa shape index (κ1) is 13.1. The lowest BCUT2D eigenvalue weighted by molar-refractivity contribution is 0.0597. The van der Waals surface area contributed by atoms with Gasteiger partial charge in [-0.1, -0.05) is 6.92 Å². The quantitative estimate of drug-likeness (QED) is 0.878. The number of rotatable bonds is 6. The van der Waals surface area contributed by atoms with E-state index in [1.165, 1.54) is 12.8 Å². The second-order valence-corrected chi connectivity index (χ2v) is 5.52. The highest BCUT2D eigenvalue weighted by Gasteiger charge is 2.37. The van der Waals surface area contributed by atoms with E-state index in [1.54, 1.807) is 7.11 Å². The summed E-state index contributed by atoms with van der Waals surface area (Å²) in [4.78, 5) is 0. The number of aryl methyl sites for hydroxylation is 1. The molecule has 1 saturated carbocycles. The number of ether oxygens (including phenoxy) is 1. The summed E-state index contributed by atoms with van der Waals surface area (Å²) in [6.45, 7) is 3.04. The Hall–Kier alpha value is -0.390. The van der Waals surface area contributed by atoms with Crippen molar-refractivity contribution in [3.05, 3.63) is 16.4 Å². The van der Waals surface area contributed by atoms with Gasteiger partial charge in [-0.15, -0.1) is 0 Å². The topological polar surface area (TPSA) is 53.1 Å². The monoisotopic (exact) mass is 301 g/mol. The average Bonchev–Trinajstić information content (AvgIpc) is 3.06. The van der Waals surface area contributed by atoms with Crippen LogP contribution < -0.4 is 5.73 Å². The number of methoxy groups -OCH3 is 1. The SMILES string of the molecule is CCCn1ncc(Br)c1C(N)C(OC)C1CC1. The number of aromatic nitrogens is 2. The van der Waals surface area contributed by atoms with E-state index in [1.807, 2.05) is 10.9 Å². The highest BCUT2D eigenvalue weighted by atomic mass is 79.9. The fourth-order valence-corrected chi connectivity index (χ4v) is 2.87. The Balaban J connectivity index is 2.21. The average molecular weight is 302 g/mol. The van der Waals surface area contributed by atoms with E-state index in [2.05, 4.69) is 28.0 Å². The molecule has 1 aromatic rings. The largest absolute Gasteiger partial charge is 0.379 e. The van der Waals surface area contributed by atoms with E-state index in [0.717, 1.165) is 23.1 Å². The van der Waals surface area contributed by atoms with Crippen molar-refractivity contribution in [3.8, 4) is 0 Å². The number of nitrogens with two attached hydrogens (primary N) is 1. The maximum Gasteiger partial charge on any atom is 0.0807 e. The highest BCUT2D eigenvalue weighted by Crippen LogP contribution is 2.40. The Bertz CT molecular complexity index is 376. The van der Waals surface area contributed by atoms with Crippen molar-refractivity contribution in [2.45, 2.75) is 44.9 Å². The predicted octanol–water partition coefficient (Wildman–Crippen LogP) is 2.48. The van der Waals surface area contributed by atoms with Gasteiger partial charge in [-0.2, -0.15) is 5.10 Å². The standard InChI is InChI=1S/C12H20BrN3O/c1-3-6-16-11(9(13)7-15-16)10(14)12(17-2)8-4-5-8/h7-8,10,12H,3-6,14H2,1-2H3. The van der Waals surface area contributed by atoms with E-state index in [9.17, 15) is 0 Å². The summed E-state index contributed by atoms with van der Waals surface area (Å²) >= 11 is 3.54. The van der Waals surface area contributed by atoms with Crippen LogP contribution in [0.2, 0.25) is 0 Å². The third-order valence-corrected chi connectivity index (χ3v) is 3.91. The van der Waals surface area contributed by atoms with Crippen LogP contribution in [0.25, 0.3) is 0 Å². The van der Waals surface area contributed by atoms with Crippen LogP contribution in [0.15, 0.2) is 10.7 Å². The molecule has 0 bridgehead atoms. The zero-order valence-electron chi connectivity index (χ0n) is 10.4. The molecule has 4 nitrogen and oxygen atoms in total. The van der Waals surface area contributed by atoms with Gasteiger partial charge in [0.2, 0.25) is 0 Å². The summed E-state index contributed by atoms with van der Waals surface area (Å²) in [7, 11) is 1.75. The molecule has 5 heteroatoms. The lowest BCUT2D eigenvalue weighted by Gasteiger charge is -2.23. The molecular weight excluding hydrogens is 282 g/mol. The molecule has 2 atom stereocenters. The fourth-order valence-electron chi connectivity index (χ4n) is 2.31. The lowest BCUT2D eigenvalue weighted by atomic mass is 10.0. The minimum absolute atomic E-state index is 0.101. The van der Waals surface area contributed by atoms with Crippen molar-refractivity contribution >= 4 is 15.9 Å². The summed E-state index contributed by atoms with van der Waals surface area (Å²) in [5.74, 6) is 0.617. The first-order chi connectivity index (χ1) is 8.19. The van der Waals surface area contributed by atoms with E-state index in [0.29, 0.717) is 5.92 Å². The molecule has 0 radical (unpaired) electrons. The Labute approximate surface area is 111 Å². The van der Waals surface area contributed by atoms with E-state index in [-0.39, 0.29) is 12.1 Å². The van der Waals surface area contributed by atoms with Crippen LogP contribution in [0.4, 0.5) is 0 Å². The van der Waals surface area contributed by atoms with Crippen LogP contribution in [0.3, 0.4) is 0 Å². The summed E-state index contributed by atoms with van der Waals surface area (Å²) in [5.41, 5.74) is 7.41. The van der Waals surface area contributed by atoms with Crippen molar-refractivity contribution < 1.29 is 4.74 Å². The third-order valence-electron chi connectivity index (χ3n) is 3.30. The molecule has 0 amide bonds. The summed E-state index contributed by atoms with van der Waals surface area (Å²) in [6.07, 6.45) is 5.44. The summed E-state index contributed by atoms with van der Waals surface area (Å²) in [5, 5.41) is 4.36. The van der Waals surface area contributed by atoms with Gasteiger partial charge >= 0.3 is 0 Å². The molecule has 2 rings (SSSR count). The second-order valence-electron chi connectivity index (χ2n) is 4.66. The van der Waals surface area contributed by atoms with Gasteiger partial charge in [-0.05, 0) is 41.1 Å². The second kappa shape index (κ2) is 5.50. The predicted molar refractivity (Wildman–Crippen MR) is 70.7 cm³/mol. The number of hydrogen-bond acceptors (Lipinski definition) is 3. The smallest absolute Gasteiger partial charge is 0.0807 e. The molecule has 1 fully saturated rings. The summed E-state index contributed by atoms with van der Waals surface area (Å²) in [6, 6.07) is -0.101. The van der Waals surface area contributed by atoms with Crippen LogP contribution in [0, 0.1) is 5.92 Å². The Kier molecular flexibility index (Phi) is 4.22. The third kappa shape index (κ3) is 2.72. The van der Waals surface area contributed by atoms with Crippen LogP contribution in [0.5, 0.6) is 0 Å². The van der Waals surface area contributed by atoms with Gasteiger partial charge in [0.15, 0.2) is 0 Å². The van der Waals surface area contributed by atoms with Gasteiger partial charge in [0.1, 0.15) is 0 Å². The van der Waals surface area contributed by atoms with Crippen LogP contribution in [-0.2, 0) is 11.3 Å². The zero-order chi connectivity index (χ0) is 12.4. The van der Waals surface area contributed by atoms with Crippen LogP contribution in [0.1, 0.15) is 37.9 Å². The molecule has 17 heavy (non-hydrogen) atoms. The first-order valence-electron chi connectivity index (χ1n) is 6.18. The minimum atomic E-state index is -0.101. The maximum absolute atomic E-state index is 6.35. The van der Waals surface area contributed by atoms with Crippen molar-refractivity contribution in [1.29, 1.82) is 0 Å². The Morgan fingerprint density at radius 3 is 2.88 bits per heavy atom. The van der Waals surface area contributed by atoms with Crippen LogP contribution in [-0.4, -0.2) is 23.0 Å². The minimum Gasteiger partial charge on any atom is -0.379 e. The molecule has 96 valence electrons. The highest BCUT2D eigenvalue weighted by molar-refractivity contribution is 9.10. The summed E-state index contributed by atoms with van der Waals surface area (Å²) < 4.78 is 8.54. The van der Waals surface area contributed by atoms with E-state index in [4.69, 9.17) is 10.5 Å². The van der Waals surface area contributed by atoms with Gasteiger partial charge in [-0.3, -0.25) is 4.68 Å². The van der Waals surface area contributed by atoms with Gasteiger partial charge in [-0.25, -0.2) is 0 Å². The molecule has 0 spiro atoms. The number of hydrogen-bond donors (Lipinski definition) is 1. The molecule has 1 aliphatic rings. The molecule has 0 aliphatic heterocycles. The Morgan fingerprint density at radius 1 is 1.65 bits per heavy atom. The zero-order valence-corrected chi connectivity index (χ0v) is 12.0. The molecule has 0 aromatic carbocycles. The molecule has 1 aromatic heterocycles. The molecule has 0 saturated heterocycles.